The molecule has 2 rings (SSSR count). The molecule has 0 saturated heterocycles. The van der Waals surface area contributed by atoms with Gasteiger partial charge in [-0.3, -0.25) is 9.59 Å². The molecule has 9 nitrogen and oxygen atoms in total. The molecular formula is C22H25Cl2N3O6. The van der Waals surface area contributed by atoms with Crippen LogP contribution in [0.5, 0.6) is 23.0 Å². The van der Waals surface area contributed by atoms with Gasteiger partial charge < -0.3 is 18.9 Å². The second-order valence-electron chi connectivity index (χ2n) is 6.51. The van der Waals surface area contributed by atoms with Gasteiger partial charge in [-0.05, 0) is 32.9 Å². The van der Waals surface area contributed by atoms with E-state index in [1.807, 2.05) is 6.92 Å². The van der Waals surface area contributed by atoms with E-state index in [0.29, 0.717) is 36.2 Å². The van der Waals surface area contributed by atoms with E-state index in [4.69, 9.17) is 42.3 Å². The van der Waals surface area contributed by atoms with E-state index in [1.54, 1.807) is 25.1 Å². The lowest BCUT2D eigenvalue weighted by molar-refractivity contribution is -0.126. The third-order valence-electron chi connectivity index (χ3n) is 4.30. The number of Topliss-reactive ketones (excluding diaryl/α,β-unsaturated/α-hetero) is 1. The second kappa shape index (κ2) is 12.3. The van der Waals surface area contributed by atoms with E-state index in [1.165, 1.54) is 33.3 Å². The lowest BCUT2D eigenvalue weighted by atomic mass is 10.2. The molecule has 1 unspecified atom stereocenters. The Morgan fingerprint density at radius 3 is 2.27 bits per heavy atom. The van der Waals surface area contributed by atoms with Crippen molar-refractivity contribution in [3.63, 3.8) is 0 Å². The van der Waals surface area contributed by atoms with Gasteiger partial charge in [0.25, 0.3) is 5.91 Å². The Bertz CT molecular complexity index is 1030. The fraction of sp³-hybridized carbons (Fsp3) is 0.364. The number of benzene rings is 2. The Labute approximate surface area is 202 Å². The number of methoxy groups -OCH3 is 2. The minimum atomic E-state index is -1.53. The molecule has 0 aliphatic heterocycles. The molecule has 0 N–H and O–H groups in total. The first-order chi connectivity index (χ1) is 15.8. The van der Waals surface area contributed by atoms with Gasteiger partial charge in [-0.1, -0.05) is 11.6 Å². The van der Waals surface area contributed by atoms with Gasteiger partial charge >= 0.3 is 0 Å². The molecule has 0 spiro atoms. The van der Waals surface area contributed by atoms with Crippen molar-refractivity contribution < 1.29 is 28.5 Å². The van der Waals surface area contributed by atoms with Crippen LogP contribution in [0.25, 0.3) is 0 Å². The highest BCUT2D eigenvalue weighted by Gasteiger charge is 2.31. The lowest BCUT2D eigenvalue weighted by Gasteiger charge is -2.20. The van der Waals surface area contributed by atoms with Crippen molar-refractivity contribution in [3.05, 3.63) is 35.4 Å². The van der Waals surface area contributed by atoms with Crippen LogP contribution >= 0.6 is 23.4 Å². The summed E-state index contributed by atoms with van der Waals surface area (Å²) in [5.41, 5.74) is 0.360. The van der Waals surface area contributed by atoms with Crippen LogP contribution in [0, 0.1) is 0 Å². The molecule has 0 radical (unpaired) electrons. The molecule has 11 heteroatoms. The molecule has 178 valence electrons. The van der Waals surface area contributed by atoms with E-state index in [0.717, 1.165) is 4.42 Å². The van der Waals surface area contributed by atoms with Gasteiger partial charge in [0.1, 0.15) is 39.4 Å². The Balaban J connectivity index is 2.42. The van der Waals surface area contributed by atoms with Crippen molar-refractivity contribution in [2.45, 2.75) is 26.8 Å². The quantitative estimate of drug-likeness (QED) is 0.234. The first-order valence-corrected chi connectivity index (χ1v) is 10.7. The number of nitrogens with zero attached hydrogens (tertiary/aromatic N) is 3. The van der Waals surface area contributed by atoms with E-state index < -0.39 is 17.7 Å². The largest absolute Gasteiger partial charge is 0.497 e. The maximum Gasteiger partial charge on any atom is 0.276 e. The third kappa shape index (κ3) is 6.49. The third-order valence-corrected chi connectivity index (χ3v) is 5.02. The summed E-state index contributed by atoms with van der Waals surface area (Å²) in [5.74, 6) is 0.121. The van der Waals surface area contributed by atoms with E-state index in [9.17, 15) is 9.59 Å². The molecule has 1 amide bonds. The average molecular weight is 498 g/mol. The lowest BCUT2D eigenvalue weighted by Crippen LogP contribution is -2.36. The van der Waals surface area contributed by atoms with Gasteiger partial charge in [0.05, 0.1) is 27.4 Å². The highest BCUT2D eigenvalue weighted by atomic mass is 35.5. The number of halogens is 2. The van der Waals surface area contributed by atoms with Crippen LogP contribution in [0.2, 0.25) is 5.02 Å². The molecule has 0 aromatic heterocycles. The minimum Gasteiger partial charge on any atom is -0.497 e. The predicted octanol–water partition coefficient (Wildman–Crippen LogP) is 5.38. The monoisotopic (exact) mass is 497 g/mol. The fourth-order valence-electron chi connectivity index (χ4n) is 2.73. The summed E-state index contributed by atoms with van der Waals surface area (Å²) < 4.78 is 22.2. The molecule has 0 bridgehead atoms. The number of amides is 1. The van der Waals surface area contributed by atoms with Gasteiger partial charge in [-0.25, -0.2) is 4.42 Å². The molecule has 1 atom stereocenters. The number of hydrogen-bond donors (Lipinski definition) is 0. The molecule has 0 heterocycles. The zero-order chi connectivity index (χ0) is 24.5. The first kappa shape index (κ1) is 26.2. The van der Waals surface area contributed by atoms with Gasteiger partial charge in [0.2, 0.25) is 6.04 Å². The van der Waals surface area contributed by atoms with Crippen molar-refractivity contribution in [1.29, 1.82) is 0 Å². The van der Waals surface area contributed by atoms with Crippen LogP contribution in [-0.2, 0) is 9.59 Å². The van der Waals surface area contributed by atoms with Crippen molar-refractivity contribution in [1.82, 2.24) is 0 Å². The number of hydrogen-bond acceptors (Lipinski definition) is 8. The summed E-state index contributed by atoms with van der Waals surface area (Å²) >= 11 is 12.6. The minimum absolute atomic E-state index is 0.141. The van der Waals surface area contributed by atoms with Crippen LogP contribution in [0.4, 0.5) is 11.4 Å². The molecule has 2 aromatic rings. The van der Waals surface area contributed by atoms with Gasteiger partial charge in [0.15, 0.2) is 5.78 Å². The summed E-state index contributed by atoms with van der Waals surface area (Å²) in [7, 11) is 2.89. The average Bonchev–Trinajstić information content (AvgIpc) is 2.80. The zero-order valence-corrected chi connectivity index (χ0v) is 20.4. The van der Waals surface area contributed by atoms with Crippen molar-refractivity contribution in [2.75, 3.05) is 31.9 Å². The molecule has 33 heavy (non-hydrogen) atoms. The number of azo groups is 1. The van der Waals surface area contributed by atoms with Crippen LogP contribution in [0.3, 0.4) is 0 Å². The van der Waals surface area contributed by atoms with Crippen molar-refractivity contribution >= 4 is 46.4 Å². The maximum absolute atomic E-state index is 13.1. The summed E-state index contributed by atoms with van der Waals surface area (Å²) in [6.07, 6.45) is 0. The summed E-state index contributed by atoms with van der Waals surface area (Å²) in [5, 5.41) is 8.06. The fourth-order valence-corrected chi connectivity index (χ4v) is 3.18. The molecule has 2 aromatic carbocycles. The Morgan fingerprint density at radius 2 is 1.70 bits per heavy atom. The normalized spacial score (nSPS) is 11.7. The summed E-state index contributed by atoms with van der Waals surface area (Å²) in [6.45, 7) is 5.58. The molecule has 0 saturated carbocycles. The number of rotatable bonds is 11. The second-order valence-corrected chi connectivity index (χ2v) is 7.22. The topological polar surface area (TPSA) is 99.0 Å². The van der Waals surface area contributed by atoms with Gasteiger partial charge in [-0.2, -0.15) is 10.2 Å². The van der Waals surface area contributed by atoms with Crippen molar-refractivity contribution in [2.24, 2.45) is 10.2 Å². The standard InChI is InChI=1S/C22H25Cl2N3O6/c1-6-32-14-8-9-18(33-7-2)17(11-14)27(24)22(29)21(13(3)28)26-25-16-10-15(30-4)12-19(31-5)20(16)23/h8-12,21H,6-7H2,1-5H3. The van der Waals surface area contributed by atoms with Gasteiger partial charge in [-0.15, -0.1) is 0 Å². The SMILES string of the molecule is CCOc1ccc(OCC)c(N(Cl)C(=O)C(N=Nc2cc(OC)cc(OC)c2Cl)C(C)=O)c1. The number of carbonyl (C=O) groups is 2. The smallest absolute Gasteiger partial charge is 0.276 e. The van der Waals surface area contributed by atoms with E-state index in [-0.39, 0.29) is 16.4 Å². The van der Waals surface area contributed by atoms with Gasteiger partial charge in [0, 0.05) is 30.0 Å². The van der Waals surface area contributed by atoms with Crippen LogP contribution in [0.1, 0.15) is 20.8 Å². The van der Waals surface area contributed by atoms with E-state index in [2.05, 4.69) is 10.2 Å². The first-order valence-electron chi connectivity index (χ1n) is 9.99. The number of anilines is 1. The van der Waals surface area contributed by atoms with Crippen LogP contribution in [-0.4, -0.2) is 45.2 Å². The Hall–Kier alpha value is -3.04. The molecule has 0 aliphatic carbocycles. The summed E-state index contributed by atoms with van der Waals surface area (Å²) in [4.78, 5) is 25.4. The highest BCUT2D eigenvalue weighted by Crippen LogP contribution is 2.39. The number of ether oxygens (including phenoxy) is 4. The Morgan fingerprint density at radius 1 is 1.00 bits per heavy atom. The van der Waals surface area contributed by atoms with E-state index >= 15 is 0 Å². The Kier molecular flexibility index (Phi) is 9.74. The van der Waals surface area contributed by atoms with Crippen LogP contribution in [0.15, 0.2) is 40.6 Å². The molecular weight excluding hydrogens is 473 g/mol. The molecule has 0 aliphatic rings. The van der Waals surface area contributed by atoms with Crippen molar-refractivity contribution in [3.8, 4) is 23.0 Å². The number of carbonyl (C=O) groups excluding carboxylic acids is 2. The maximum atomic E-state index is 13.1. The molecule has 0 fully saturated rings. The zero-order valence-electron chi connectivity index (χ0n) is 18.9. The highest BCUT2D eigenvalue weighted by molar-refractivity contribution is 6.39. The predicted molar refractivity (Wildman–Crippen MR) is 126 cm³/mol. The number of ketones is 1. The summed E-state index contributed by atoms with van der Waals surface area (Å²) in [6, 6.07) is 6.38. The van der Waals surface area contributed by atoms with Crippen LogP contribution < -0.4 is 23.4 Å².